The summed E-state index contributed by atoms with van der Waals surface area (Å²) in [5, 5.41) is -1.38. The van der Waals surface area contributed by atoms with Crippen LogP contribution in [0, 0.1) is 0 Å². The van der Waals surface area contributed by atoms with Gasteiger partial charge in [-0.25, -0.2) is 0 Å². The number of hydrogen-bond acceptors (Lipinski definition) is 2. The van der Waals surface area contributed by atoms with Crippen LogP contribution in [0.1, 0.15) is 21.7 Å². The minimum Gasteiger partial charge on any atom is -0.451 e. The molecule has 2 rings (SSSR count). The van der Waals surface area contributed by atoms with Gasteiger partial charge in [-0.2, -0.15) is 26.3 Å². The van der Waals surface area contributed by atoms with Gasteiger partial charge in [-0.3, -0.25) is 4.79 Å². The summed E-state index contributed by atoms with van der Waals surface area (Å²) in [4.78, 5) is 11.0. The average Bonchev–Trinajstić information content (AvgIpc) is 2.83. The van der Waals surface area contributed by atoms with Gasteiger partial charge < -0.3 is 4.42 Å². The van der Waals surface area contributed by atoms with Crippen molar-refractivity contribution in [3.63, 3.8) is 0 Å². The van der Waals surface area contributed by atoms with E-state index in [4.69, 9.17) is 11.6 Å². The summed E-state index contributed by atoms with van der Waals surface area (Å²) < 4.78 is 79.9. The Hall–Kier alpha value is -1.96. The molecule has 2 nitrogen and oxygen atoms in total. The van der Waals surface area contributed by atoms with Crippen molar-refractivity contribution >= 4 is 16.8 Å². The number of carbonyl (C=O) groups is 1. The maximum atomic E-state index is 12.7. The van der Waals surface area contributed by atoms with Gasteiger partial charge in [0, 0.05) is 5.56 Å². The van der Waals surface area contributed by atoms with Crippen molar-refractivity contribution in [2.24, 2.45) is 0 Å². The molecule has 2 aromatic rings. The van der Waals surface area contributed by atoms with Crippen LogP contribution in [-0.4, -0.2) is 5.24 Å². The smallest absolute Gasteiger partial charge is 0.450 e. The van der Waals surface area contributed by atoms with Gasteiger partial charge in [0.15, 0.2) is 0 Å². The van der Waals surface area contributed by atoms with Crippen LogP contribution in [0.4, 0.5) is 26.3 Å². The predicted octanol–water partition coefficient (Wildman–Crippen LogP) is 5.36. The molecule has 9 heteroatoms. The average molecular weight is 343 g/mol. The van der Waals surface area contributed by atoms with E-state index >= 15 is 0 Å². The molecule has 1 heterocycles. The number of hydrogen-bond donors (Lipinski definition) is 0. The Labute approximate surface area is 124 Å². The summed E-state index contributed by atoms with van der Waals surface area (Å²) in [7, 11) is 0. The van der Waals surface area contributed by atoms with E-state index in [-0.39, 0.29) is 5.56 Å². The van der Waals surface area contributed by atoms with E-state index in [0.717, 1.165) is 18.2 Å². The highest BCUT2D eigenvalue weighted by atomic mass is 35.5. The Morgan fingerprint density at radius 3 is 1.86 bits per heavy atom. The Bertz CT molecular complexity index is 697. The van der Waals surface area contributed by atoms with Gasteiger partial charge in [0.1, 0.15) is 5.76 Å². The fourth-order valence-corrected chi connectivity index (χ4v) is 1.85. The molecule has 0 unspecified atom stereocenters. The lowest BCUT2D eigenvalue weighted by Gasteiger charge is -2.06. The largest absolute Gasteiger partial charge is 0.451 e. The number of alkyl halides is 6. The first-order chi connectivity index (χ1) is 10.00. The van der Waals surface area contributed by atoms with Crippen LogP contribution in [0.5, 0.6) is 0 Å². The van der Waals surface area contributed by atoms with E-state index in [1.54, 1.807) is 0 Å². The van der Waals surface area contributed by atoms with Gasteiger partial charge in [-0.05, 0) is 29.8 Å². The molecule has 0 bridgehead atoms. The van der Waals surface area contributed by atoms with E-state index in [2.05, 4.69) is 4.42 Å². The summed E-state index contributed by atoms with van der Waals surface area (Å²) in [5.74, 6) is -2.01. The molecule has 0 aliphatic carbocycles. The number of carbonyl (C=O) groups excluding carboxylic acids is 1. The number of furan rings is 1. The Kier molecular flexibility index (Phi) is 3.99. The first-order valence-electron chi connectivity index (χ1n) is 5.58. The van der Waals surface area contributed by atoms with Gasteiger partial charge in [0.05, 0.1) is 11.1 Å². The zero-order valence-corrected chi connectivity index (χ0v) is 11.1. The molecule has 0 saturated carbocycles. The van der Waals surface area contributed by atoms with Crippen molar-refractivity contribution in [2.75, 3.05) is 0 Å². The van der Waals surface area contributed by atoms with Crippen LogP contribution < -0.4 is 0 Å². The van der Waals surface area contributed by atoms with Crippen LogP contribution >= 0.6 is 11.6 Å². The lowest BCUT2D eigenvalue weighted by Crippen LogP contribution is -2.07. The number of benzene rings is 1. The molecule has 0 aliphatic rings. The molecular formula is C13H5ClF6O2. The highest BCUT2D eigenvalue weighted by Crippen LogP contribution is 2.38. The van der Waals surface area contributed by atoms with Crippen LogP contribution in [-0.2, 0) is 12.4 Å². The molecule has 0 radical (unpaired) electrons. The highest BCUT2D eigenvalue weighted by molar-refractivity contribution is 6.68. The van der Waals surface area contributed by atoms with E-state index < -0.39 is 40.2 Å². The number of halogens is 7. The second-order valence-corrected chi connectivity index (χ2v) is 4.54. The molecular weight excluding hydrogens is 338 g/mol. The van der Waals surface area contributed by atoms with E-state index in [1.165, 1.54) is 0 Å². The van der Waals surface area contributed by atoms with Crippen LogP contribution in [0.25, 0.3) is 11.3 Å². The molecule has 1 aromatic carbocycles. The molecule has 0 atom stereocenters. The second-order valence-electron chi connectivity index (χ2n) is 4.20. The molecule has 22 heavy (non-hydrogen) atoms. The maximum Gasteiger partial charge on any atom is 0.450 e. The van der Waals surface area contributed by atoms with Crippen molar-refractivity contribution in [3.8, 4) is 11.3 Å². The quantitative estimate of drug-likeness (QED) is 0.543. The van der Waals surface area contributed by atoms with Crippen molar-refractivity contribution < 1.29 is 35.6 Å². The first-order valence-corrected chi connectivity index (χ1v) is 5.96. The van der Waals surface area contributed by atoms with E-state index in [1.807, 2.05) is 0 Å². The zero-order chi connectivity index (χ0) is 16.7. The Morgan fingerprint density at radius 2 is 1.50 bits per heavy atom. The lowest BCUT2D eigenvalue weighted by molar-refractivity contribution is -0.153. The third-order valence-corrected chi connectivity index (χ3v) is 2.90. The summed E-state index contributed by atoms with van der Waals surface area (Å²) >= 11 is 5.05. The van der Waals surface area contributed by atoms with Crippen molar-refractivity contribution in [1.29, 1.82) is 0 Å². The highest BCUT2D eigenvalue weighted by Gasteiger charge is 2.40. The van der Waals surface area contributed by atoms with Crippen molar-refractivity contribution in [1.82, 2.24) is 0 Å². The monoisotopic (exact) mass is 342 g/mol. The summed E-state index contributed by atoms with van der Waals surface area (Å²) in [6, 6.07) is 3.98. The second kappa shape index (κ2) is 5.35. The van der Waals surface area contributed by atoms with E-state index in [0.29, 0.717) is 12.1 Å². The van der Waals surface area contributed by atoms with Gasteiger partial charge in [0.2, 0.25) is 5.76 Å². The first kappa shape index (κ1) is 16.4. The van der Waals surface area contributed by atoms with Gasteiger partial charge >= 0.3 is 12.4 Å². The fourth-order valence-electron chi connectivity index (χ4n) is 1.71. The molecule has 0 amide bonds. The summed E-state index contributed by atoms with van der Waals surface area (Å²) in [6.07, 6.45) is -9.53. The predicted molar refractivity (Wildman–Crippen MR) is 64.3 cm³/mol. The van der Waals surface area contributed by atoms with Crippen LogP contribution in [0.15, 0.2) is 34.7 Å². The molecule has 0 fully saturated rings. The number of rotatable bonds is 2. The zero-order valence-electron chi connectivity index (χ0n) is 10.3. The van der Waals surface area contributed by atoms with E-state index in [9.17, 15) is 31.1 Å². The molecule has 0 saturated heterocycles. The summed E-state index contributed by atoms with van der Waals surface area (Å²) in [6.45, 7) is 0. The van der Waals surface area contributed by atoms with Crippen LogP contribution in [0.3, 0.4) is 0 Å². The Balaban J connectivity index is 2.48. The maximum absolute atomic E-state index is 12.7. The van der Waals surface area contributed by atoms with Gasteiger partial charge in [0.25, 0.3) is 5.24 Å². The third kappa shape index (κ3) is 3.27. The van der Waals surface area contributed by atoms with Gasteiger partial charge in [-0.1, -0.05) is 12.1 Å². The van der Waals surface area contributed by atoms with Crippen LogP contribution in [0.2, 0.25) is 0 Å². The molecule has 0 aliphatic heterocycles. The minimum absolute atomic E-state index is 0.0531. The minimum atomic E-state index is -4.95. The lowest BCUT2D eigenvalue weighted by atomic mass is 10.1. The standard InChI is InChI=1S/C13H5ClF6O2/c14-11(21)8-5-9(22-10(8)13(18,19)20)6-1-3-7(4-2-6)12(15,16)17/h1-5H. The van der Waals surface area contributed by atoms with Crippen molar-refractivity contribution in [3.05, 3.63) is 47.2 Å². The summed E-state index contributed by atoms with van der Waals surface area (Å²) in [5.41, 5.74) is -1.92. The Morgan fingerprint density at radius 1 is 0.955 bits per heavy atom. The molecule has 118 valence electrons. The molecule has 1 aromatic heterocycles. The van der Waals surface area contributed by atoms with Crippen molar-refractivity contribution in [2.45, 2.75) is 12.4 Å². The normalized spacial score (nSPS) is 12.5. The fraction of sp³-hybridized carbons (Fsp3) is 0.154. The topological polar surface area (TPSA) is 30.2 Å². The molecule has 0 N–H and O–H groups in total. The SMILES string of the molecule is O=C(Cl)c1cc(-c2ccc(C(F)(F)F)cc2)oc1C(F)(F)F. The molecule has 0 spiro atoms. The third-order valence-electron chi connectivity index (χ3n) is 2.70. The van der Waals surface area contributed by atoms with Gasteiger partial charge in [-0.15, -0.1) is 0 Å².